The van der Waals surface area contributed by atoms with E-state index in [1.807, 2.05) is 19.9 Å². The predicted octanol–water partition coefficient (Wildman–Crippen LogP) is 5.20. The van der Waals surface area contributed by atoms with Crippen LogP contribution in [0.2, 0.25) is 5.02 Å². The summed E-state index contributed by atoms with van der Waals surface area (Å²) in [5.41, 5.74) is 3.41. The van der Waals surface area contributed by atoms with Gasteiger partial charge in [-0.25, -0.2) is 8.42 Å². The number of amides is 1. The van der Waals surface area contributed by atoms with E-state index in [0.29, 0.717) is 17.1 Å². The summed E-state index contributed by atoms with van der Waals surface area (Å²) in [6, 6.07) is 9.24. The van der Waals surface area contributed by atoms with E-state index in [4.69, 9.17) is 16.3 Å². The van der Waals surface area contributed by atoms with Gasteiger partial charge in [0.1, 0.15) is 11.8 Å². The second-order valence-corrected chi connectivity index (χ2v) is 10.6. The number of hydrogen-bond donors (Lipinski definition) is 1. The van der Waals surface area contributed by atoms with Crippen LogP contribution in [-0.2, 0) is 14.8 Å². The Morgan fingerprint density at radius 3 is 2.19 bits per heavy atom. The van der Waals surface area contributed by atoms with Crippen LogP contribution in [-0.4, -0.2) is 33.7 Å². The molecule has 0 heterocycles. The Bertz CT molecular complexity index is 1050. The lowest BCUT2D eigenvalue weighted by atomic mass is 9.93. The summed E-state index contributed by atoms with van der Waals surface area (Å²) in [4.78, 5) is 13.3. The highest BCUT2D eigenvalue weighted by Gasteiger charge is 2.32. The van der Waals surface area contributed by atoms with Gasteiger partial charge in [0.25, 0.3) is 0 Å². The van der Waals surface area contributed by atoms with Crippen molar-refractivity contribution in [1.29, 1.82) is 0 Å². The van der Waals surface area contributed by atoms with Crippen molar-refractivity contribution in [2.75, 3.05) is 17.7 Å². The fourth-order valence-corrected chi connectivity index (χ4v) is 5.18. The second-order valence-electron chi connectivity index (χ2n) is 8.30. The molecular formula is C24H33ClN2O4S. The topological polar surface area (TPSA) is 75.7 Å². The minimum atomic E-state index is -3.71. The molecule has 0 aliphatic carbocycles. The van der Waals surface area contributed by atoms with E-state index in [0.717, 1.165) is 33.0 Å². The van der Waals surface area contributed by atoms with Gasteiger partial charge in [-0.15, -0.1) is 0 Å². The van der Waals surface area contributed by atoms with Crippen molar-refractivity contribution >= 4 is 33.2 Å². The lowest BCUT2D eigenvalue weighted by molar-refractivity contribution is -0.122. The average Bonchev–Trinajstić information content (AvgIpc) is 2.71. The van der Waals surface area contributed by atoms with Crippen molar-refractivity contribution in [3.63, 3.8) is 0 Å². The van der Waals surface area contributed by atoms with Gasteiger partial charge in [-0.05, 0) is 79.3 Å². The zero-order valence-corrected chi connectivity index (χ0v) is 21.3. The SMILES string of the molecule is CCC(C(=O)NC(C)c1cc(C(C)C)c(OC)cc1C)N(c1ccc(Cl)cc1)S(C)(=O)=O. The van der Waals surface area contributed by atoms with E-state index in [1.165, 1.54) is 0 Å². The van der Waals surface area contributed by atoms with Gasteiger partial charge in [-0.2, -0.15) is 0 Å². The Balaban J connectivity index is 2.38. The van der Waals surface area contributed by atoms with Crippen LogP contribution in [0.25, 0.3) is 0 Å². The summed E-state index contributed by atoms with van der Waals surface area (Å²) in [5, 5.41) is 3.50. The predicted molar refractivity (Wildman–Crippen MR) is 131 cm³/mol. The van der Waals surface area contributed by atoms with E-state index >= 15 is 0 Å². The number of nitrogens with one attached hydrogen (secondary N) is 1. The van der Waals surface area contributed by atoms with Gasteiger partial charge in [0.05, 0.1) is 25.1 Å². The van der Waals surface area contributed by atoms with Crippen LogP contribution in [0, 0.1) is 6.92 Å². The molecule has 32 heavy (non-hydrogen) atoms. The van der Waals surface area contributed by atoms with Gasteiger partial charge in [-0.3, -0.25) is 9.10 Å². The summed E-state index contributed by atoms with van der Waals surface area (Å²) in [7, 11) is -2.06. The number of rotatable bonds is 9. The molecule has 0 aliphatic heterocycles. The summed E-state index contributed by atoms with van der Waals surface area (Å²) in [5.74, 6) is 0.708. The molecule has 1 amide bonds. The largest absolute Gasteiger partial charge is 0.496 e. The zero-order valence-electron chi connectivity index (χ0n) is 19.8. The molecule has 0 fully saturated rings. The molecule has 2 rings (SSSR count). The van der Waals surface area contributed by atoms with Crippen LogP contribution in [0.15, 0.2) is 36.4 Å². The molecule has 0 saturated carbocycles. The smallest absolute Gasteiger partial charge is 0.244 e. The van der Waals surface area contributed by atoms with Crippen molar-refractivity contribution in [2.45, 2.75) is 59.0 Å². The van der Waals surface area contributed by atoms with Crippen LogP contribution in [0.4, 0.5) is 5.69 Å². The van der Waals surface area contributed by atoms with Gasteiger partial charge in [-0.1, -0.05) is 32.4 Å². The molecule has 0 aromatic heterocycles. The number of carbonyl (C=O) groups excluding carboxylic acids is 1. The molecule has 2 atom stereocenters. The van der Waals surface area contributed by atoms with Crippen molar-refractivity contribution in [2.24, 2.45) is 0 Å². The Labute approximate surface area is 197 Å². The normalized spacial score (nSPS) is 13.5. The molecule has 0 spiro atoms. The first-order valence-corrected chi connectivity index (χ1v) is 12.9. The van der Waals surface area contributed by atoms with Crippen LogP contribution >= 0.6 is 11.6 Å². The van der Waals surface area contributed by atoms with Crippen molar-refractivity contribution in [3.8, 4) is 5.75 Å². The molecule has 2 aromatic rings. The number of halogens is 1. The lowest BCUT2D eigenvalue weighted by Gasteiger charge is -2.31. The maximum Gasteiger partial charge on any atom is 0.244 e. The first-order chi connectivity index (χ1) is 14.9. The molecule has 8 heteroatoms. The lowest BCUT2D eigenvalue weighted by Crippen LogP contribution is -2.49. The van der Waals surface area contributed by atoms with E-state index in [1.54, 1.807) is 38.3 Å². The number of hydrogen-bond acceptors (Lipinski definition) is 4. The molecule has 0 aliphatic rings. The number of ether oxygens (including phenoxy) is 1. The molecule has 1 N–H and O–H groups in total. The summed E-state index contributed by atoms with van der Waals surface area (Å²) < 4.78 is 31.9. The van der Waals surface area contributed by atoms with Crippen molar-refractivity contribution < 1.29 is 17.9 Å². The Kier molecular flexibility index (Phi) is 8.60. The number of nitrogens with zero attached hydrogens (tertiary/aromatic N) is 1. The summed E-state index contributed by atoms with van der Waals surface area (Å²) >= 11 is 5.96. The maximum absolute atomic E-state index is 13.3. The van der Waals surface area contributed by atoms with Gasteiger partial charge in [0, 0.05) is 5.02 Å². The number of aryl methyl sites for hydroxylation is 1. The van der Waals surface area contributed by atoms with Gasteiger partial charge in [0.2, 0.25) is 15.9 Å². The highest BCUT2D eigenvalue weighted by atomic mass is 35.5. The monoisotopic (exact) mass is 480 g/mol. The van der Waals surface area contributed by atoms with Gasteiger partial charge < -0.3 is 10.1 Å². The Morgan fingerprint density at radius 2 is 1.72 bits per heavy atom. The number of sulfonamides is 1. The van der Waals surface area contributed by atoms with Gasteiger partial charge in [0.15, 0.2) is 0 Å². The molecule has 2 unspecified atom stereocenters. The molecule has 0 bridgehead atoms. The third-order valence-electron chi connectivity index (χ3n) is 5.48. The minimum Gasteiger partial charge on any atom is -0.496 e. The van der Waals surface area contributed by atoms with Crippen molar-refractivity contribution in [3.05, 3.63) is 58.1 Å². The van der Waals surface area contributed by atoms with Crippen molar-refractivity contribution in [1.82, 2.24) is 5.32 Å². The van der Waals surface area contributed by atoms with Crippen LogP contribution in [0.3, 0.4) is 0 Å². The average molecular weight is 481 g/mol. The quantitative estimate of drug-likeness (QED) is 0.535. The van der Waals surface area contributed by atoms with E-state index in [9.17, 15) is 13.2 Å². The molecule has 2 aromatic carbocycles. The fraction of sp³-hybridized carbons (Fsp3) is 0.458. The summed E-state index contributed by atoms with van der Waals surface area (Å²) in [6.07, 6.45) is 1.41. The molecule has 176 valence electrons. The highest BCUT2D eigenvalue weighted by molar-refractivity contribution is 7.92. The number of benzene rings is 2. The van der Waals surface area contributed by atoms with Crippen LogP contribution < -0.4 is 14.4 Å². The fourth-order valence-electron chi connectivity index (χ4n) is 3.85. The number of anilines is 1. The first-order valence-electron chi connectivity index (χ1n) is 10.6. The maximum atomic E-state index is 13.3. The van der Waals surface area contributed by atoms with Crippen LogP contribution in [0.5, 0.6) is 5.75 Å². The first kappa shape index (κ1) is 26.0. The second kappa shape index (κ2) is 10.6. The summed E-state index contributed by atoms with van der Waals surface area (Å²) in [6.45, 7) is 9.83. The Hall–Kier alpha value is -2.25. The molecular weight excluding hydrogens is 448 g/mol. The third-order valence-corrected chi connectivity index (χ3v) is 6.91. The standard InChI is InChI=1S/C24H33ClN2O4S/c1-8-22(27(32(7,29)30)19-11-9-18(25)10-12-19)24(28)26-17(5)21-14-20(15(2)3)23(31-6)13-16(21)4/h9-15,17,22H,8H2,1-7H3,(H,26,28). The Morgan fingerprint density at radius 1 is 1.12 bits per heavy atom. The van der Waals surface area contributed by atoms with E-state index < -0.39 is 16.1 Å². The molecule has 0 saturated heterocycles. The number of methoxy groups -OCH3 is 1. The highest BCUT2D eigenvalue weighted by Crippen LogP contribution is 2.32. The van der Waals surface area contributed by atoms with Gasteiger partial charge >= 0.3 is 0 Å². The number of carbonyl (C=O) groups is 1. The third kappa shape index (κ3) is 5.95. The molecule has 0 radical (unpaired) electrons. The van der Waals surface area contributed by atoms with E-state index in [-0.39, 0.29) is 17.9 Å². The van der Waals surface area contributed by atoms with Crippen LogP contribution in [0.1, 0.15) is 62.8 Å². The molecule has 6 nitrogen and oxygen atoms in total. The minimum absolute atomic E-state index is 0.251. The zero-order chi connectivity index (χ0) is 24.2. The van der Waals surface area contributed by atoms with E-state index in [2.05, 4.69) is 25.2 Å².